The Morgan fingerprint density at radius 3 is 2.79 bits per heavy atom. The number of nitro groups is 1. The Balaban J connectivity index is 2.06. The predicted molar refractivity (Wildman–Crippen MR) is 72.3 cm³/mol. The van der Waals surface area contributed by atoms with Gasteiger partial charge in [-0.2, -0.15) is 0 Å². The van der Waals surface area contributed by atoms with E-state index in [0.717, 1.165) is 25.8 Å². The molecule has 0 amide bonds. The molecule has 19 heavy (non-hydrogen) atoms. The number of ketones is 1. The maximum absolute atomic E-state index is 12.2. The second kappa shape index (κ2) is 5.93. The summed E-state index contributed by atoms with van der Waals surface area (Å²) in [4.78, 5) is 24.6. The molecule has 0 spiro atoms. The van der Waals surface area contributed by atoms with Crippen molar-refractivity contribution in [2.24, 2.45) is 0 Å². The first-order valence-electron chi connectivity index (χ1n) is 6.63. The standard InChI is InChI=1S/C14H18N2O3/c1-2-8-15(12-6-7-12)10-14(17)11-4-3-5-13(9-11)16(18)19/h3-5,9,12H,2,6-8,10H2,1H3. The van der Waals surface area contributed by atoms with Gasteiger partial charge in [-0.3, -0.25) is 19.8 Å². The van der Waals surface area contributed by atoms with Crippen molar-refractivity contribution in [2.45, 2.75) is 32.2 Å². The Labute approximate surface area is 112 Å². The summed E-state index contributed by atoms with van der Waals surface area (Å²) in [6.07, 6.45) is 3.32. The minimum atomic E-state index is -0.471. The normalized spacial score (nSPS) is 14.6. The highest BCUT2D eigenvalue weighted by Crippen LogP contribution is 2.27. The van der Waals surface area contributed by atoms with E-state index >= 15 is 0 Å². The number of carbonyl (C=O) groups is 1. The van der Waals surface area contributed by atoms with Crippen molar-refractivity contribution >= 4 is 11.5 Å². The van der Waals surface area contributed by atoms with Gasteiger partial charge in [-0.1, -0.05) is 19.1 Å². The highest BCUT2D eigenvalue weighted by Gasteiger charge is 2.29. The van der Waals surface area contributed by atoms with Gasteiger partial charge in [-0.15, -0.1) is 0 Å². The maximum Gasteiger partial charge on any atom is 0.270 e. The van der Waals surface area contributed by atoms with E-state index in [1.54, 1.807) is 12.1 Å². The Morgan fingerprint density at radius 2 is 2.21 bits per heavy atom. The first-order valence-corrected chi connectivity index (χ1v) is 6.63. The molecule has 2 rings (SSSR count). The molecule has 5 heteroatoms. The van der Waals surface area contributed by atoms with Crippen LogP contribution in [0.15, 0.2) is 24.3 Å². The average Bonchev–Trinajstić information content (AvgIpc) is 3.22. The fourth-order valence-corrected chi connectivity index (χ4v) is 2.19. The topological polar surface area (TPSA) is 63.5 Å². The van der Waals surface area contributed by atoms with Gasteiger partial charge in [0.25, 0.3) is 5.69 Å². The highest BCUT2D eigenvalue weighted by molar-refractivity contribution is 5.98. The zero-order valence-corrected chi connectivity index (χ0v) is 11.0. The molecule has 1 aliphatic carbocycles. The second-order valence-electron chi connectivity index (χ2n) is 4.93. The molecule has 0 radical (unpaired) electrons. The van der Waals surface area contributed by atoms with Crippen LogP contribution in [0.1, 0.15) is 36.5 Å². The van der Waals surface area contributed by atoms with Gasteiger partial charge in [-0.25, -0.2) is 0 Å². The Bertz CT molecular complexity index is 483. The van der Waals surface area contributed by atoms with Gasteiger partial charge in [-0.05, 0) is 25.8 Å². The van der Waals surface area contributed by atoms with E-state index in [1.165, 1.54) is 12.1 Å². The molecule has 1 fully saturated rings. The zero-order valence-electron chi connectivity index (χ0n) is 11.0. The van der Waals surface area contributed by atoms with Crippen molar-refractivity contribution in [1.29, 1.82) is 0 Å². The summed E-state index contributed by atoms with van der Waals surface area (Å²) in [6.45, 7) is 3.36. The van der Waals surface area contributed by atoms with Crippen LogP contribution in [0.5, 0.6) is 0 Å². The molecular weight excluding hydrogens is 244 g/mol. The first kappa shape index (κ1) is 13.7. The molecule has 1 aliphatic rings. The molecule has 0 saturated heterocycles. The van der Waals surface area contributed by atoms with Crippen LogP contribution in [-0.2, 0) is 0 Å². The van der Waals surface area contributed by atoms with Crippen molar-refractivity contribution < 1.29 is 9.72 Å². The molecule has 1 aromatic carbocycles. The molecule has 102 valence electrons. The molecule has 0 aromatic heterocycles. The number of benzene rings is 1. The van der Waals surface area contributed by atoms with E-state index in [1.807, 2.05) is 0 Å². The lowest BCUT2D eigenvalue weighted by Crippen LogP contribution is -2.32. The van der Waals surface area contributed by atoms with Crippen molar-refractivity contribution in [3.05, 3.63) is 39.9 Å². The maximum atomic E-state index is 12.2. The average molecular weight is 262 g/mol. The van der Waals surface area contributed by atoms with E-state index in [2.05, 4.69) is 11.8 Å². The summed E-state index contributed by atoms with van der Waals surface area (Å²) >= 11 is 0. The van der Waals surface area contributed by atoms with Crippen LogP contribution in [0.3, 0.4) is 0 Å². The number of hydrogen-bond donors (Lipinski definition) is 0. The molecule has 0 N–H and O–H groups in total. The zero-order chi connectivity index (χ0) is 13.8. The predicted octanol–water partition coefficient (Wildman–Crippen LogP) is 2.65. The number of nitro benzene ring substituents is 1. The van der Waals surface area contributed by atoms with Crippen LogP contribution in [0.25, 0.3) is 0 Å². The van der Waals surface area contributed by atoms with E-state index in [0.29, 0.717) is 18.2 Å². The number of Topliss-reactive ketones (excluding diaryl/α,β-unsaturated/α-hetero) is 1. The molecule has 1 saturated carbocycles. The minimum Gasteiger partial charge on any atom is -0.293 e. The first-order chi connectivity index (χ1) is 9.11. The molecule has 0 heterocycles. The largest absolute Gasteiger partial charge is 0.293 e. The highest BCUT2D eigenvalue weighted by atomic mass is 16.6. The number of nitrogens with zero attached hydrogens (tertiary/aromatic N) is 2. The lowest BCUT2D eigenvalue weighted by atomic mass is 10.1. The van der Waals surface area contributed by atoms with E-state index in [4.69, 9.17) is 0 Å². The third kappa shape index (κ3) is 3.61. The molecule has 1 aromatic rings. The van der Waals surface area contributed by atoms with Gasteiger partial charge in [0.1, 0.15) is 0 Å². The molecule has 0 aliphatic heterocycles. The van der Waals surface area contributed by atoms with Gasteiger partial charge in [0.15, 0.2) is 5.78 Å². The summed E-state index contributed by atoms with van der Waals surface area (Å²) in [7, 11) is 0. The van der Waals surface area contributed by atoms with Crippen LogP contribution in [-0.4, -0.2) is 34.7 Å². The third-order valence-corrected chi connectivity index (χ3v) is 3.30. The Kier molecular flexibility index (Phi) is 4.27. The smallest absolute Gasteiger partial charge is 0.270 e. The second-order valence-corrected chi connectivity index (χ2v) is 4.93. The molecule has 0 bridgehead atoms. The minimum absolute atomic E-state index is 0.0284. The lowest BCUT2D eigenvalue weighted by Gasteiger charge is -2.20. The van der Waals surface area contributed by atoms with Gasteiger partial charge < -0.3 is 0 Å². The summed E-state index contributed by atoms with van der Waals surface area (Å²) < 4.78 is 0. The van der Waals surface area contributed by atoms with Crippen LogP contribution >= 0.6 is 0 Å². The number of rotatable bonds is 7. The van der Waals surface area contributed by atoms with Crippen molar-refractivity contribution in [3.8, 4) is 0 Å². The number of carbonyl (C=O) groups excluding carboxylic acids is 1. The van der Waals surface area contributed by atoms with Crippen molar-refractivity contribution in [1.82, 2.24) is 4.90 Å². The van der Waals surface area contributed by atoms with Crippen molar-refractivity contribution in [3.63, 3.8) is 0 Å². The summed E-state index contributed by atoms with van der Waals surface area (Å²) in [6, 6.07) is 6.50. The van der Waals surface area contributed by atoms with Crippen LogP contribution < -0.4 is 0 Å². The van der Waals surface area contributed by atoms with Crippen LogP contribution in [0, 0.1) is 10.1 Å². The van der Waals surface area contributed by atoms with Gasteiger partial charge in [0.05, 0.1) is 11.5 Å². The Morgan fingerprint density at radius 1 is 1.47 bits per heavy atom. The van der Waals surface area contributed by atoms with E-state index in [9.17, 15) is 14.9 Å². The lowest BCUT2D eigenvalue weighted by molar-refractivity contribution is -0.384. The molecule has 0 unspecified atom stereocenters. The monoisotopic (exact) mass is 262 g/mol. The third-order valence-electron chi connectivity index (χ3n) is 3.30. The quantitative estimate of drug-likeness (QED) is 0.430. The van der Waals surface area contributed by atoms with Gasteiger partial charge in [0.2, 0.25) is 0 Å². The summed E-state index contributed by atoms with van der Waals surface area (Å²) in [5.74, 6) is -0.0379. The van der Waals surface area contributed by atoms with E-state index < -0.39 is 4.92 Å². The van der Waals surface area contributed by atoms with Crippen molar-refractivity contribution in [2.75, 3.05) is 13.1 Å². The number of hydrogen-bond acceptors (Lipinski definition) is 4. The summed E-state index contributed by atoms with van der Waals surface area (Å²) in [5, 5.41) is 10.7. The Hall–Kier alpha value is -1.75. The fraction of sp³-hybridized carbons (Fsp3) is 0.500. The fourth-order valence-electron chi connectivity index (χ4n) is 2.19. The van der Waals surface area contributed by atoms with E-state index in [-0.39, 0.29) is 11.5 Å². The molecular formula is C14H18N2O3. The van der Waals surface area contributed by atoms with Crippen LogP contribution in [0.2, 0.25) is 0 Å². The molecule has 5 nitrogen and oxygen atoms in total. The SMILES string of the molecule is CCCN(CC(=O)c1cccc([N+](=O)[O-])c1)C1CC1. The summed E-state index contributed by atoms with van der Waals surface area (Å²) in [5.41, 5.74) is 0.398. The van der Waals surface area contributed by atoms with Gasteiger partial charge >= 0.3 is 0 Å². The molecule has 0 atom stereocenters. The number of non-ortho nitro benzene ring substituents is 1. The van der Waals surface area contributed by atoms with Gasteiger partial charge in [0, 0.05) is 23.7 Å². The van der Waals surface area contributed by atoms with Crippen LogP contribution in [0.4, 0.5) is 5.69 Å².